The zero-order valence-electron chi connectivity index (χ0n) is 12.9. The van der Waals surface area contributed by atoms with Crippen molar-refractivity contribution in [3.05, 3.63) is 42.5 Å². The summed E-state index contributed by atoms with van der Waals surface area (Å²) in [6.07, 6.45) is 3.20. The van der Waals surface area contributed by atoms with Gasteiger partial charge in [-0.3, -0.25) is 4.79 Å². The lowest BCUT2D eigenvalue weighted by molar-refractivity contribution is -0.114. The van der Waals surface area contributed by atoms with Crippen molar-refractivity contribution in [2.75, 3.05) is 17.7 Å². The molecule has 0 saturated heterocycles. The number of aliphatic hydroxyl groups excluding tert-OH is 1. The fraction of sp³-hybridized carbons (Fsp3) is 0.333. The highest BCUT2D eigenvalue weighted by Crippen LogP contribution is 2.19. The smallest absolute Gasteiger partial charge is 0.221 e. The van der Waals surface area contributed by atoms with E-state index in [0.29, 0.717) is 5.69 Å². The van der Waals surface area contributed by atoms with Crippen LogP contribution in [0, 0.1) is 6.92 Å². The first kappa shape index (κ1) is 17.2. The number of nitrogens with zero attached hydrogens (tertiary/aromatic N) is 2. The van der Waals surface area contributed by atoms with Crippen molar-refractivity contribution in [2.45, 2.75) is 24.8 Å². The number of benzene rings is 1. The van der Waals surface area contributed by atoms with E-state index in [0.717, 1.165) is 5.69 Å². The Morgan fingerprint density at radius 3 is 2.48 bits per heavy atom. The van der Waals surface area contributed by atoms with Crippen LogP contribution in [0.25, 0.3) is 0 Å². The van der Waals surface area contributed by atoms with Crippen molar-refractivity contribution in [1.82, 2.24) is 9.55 Å². The predicted octanol–water partition coefficient (Wildman–Crippen LogP) is 1.16. The summed E-state index contributed by atoms with van der Waals surface area (Å²) in [5, 5.41) is 12.1. The standard InChI is InChI=1S/C15H19N3O4S/c1-11-7-18(10-16-11)14(8-19)9-23(21,22)15-5-3-13(4-6-15)17-12(2)20/h3-7,10,14,19H,8-9H2,1-2H3,(H,17,20). The highest BCUT2D eigenvalue weighted by molar-refractivity contribution is 7.91. The van der Waals surface area contributed by atoms with E-state index in [1.807, 2.05) is 0 Å². The third kappa shape index (κ3) is 4.40. The van der Waals surface area contributed by atoms with Gasteiger partial charge in [0.25, 0.3) is 0 Å². The summed E-state index contributed by atoms with van der Waals surface area (Å²) in [6, 6.07) is 5.34. The van der Waals surface area contributed by atoms with Crippen molar-refractivity contribution in [2.24, 2.45) is 0 Å². The number of rotatable bonds is 6. The molecule has 1 unspecified atom stereocenters. The topological polar surface area (TPSA) is 101 Å². The molecule has 2 N–H and O–H groups in total. The van der Waals surface area contributed by atoms with E-state index < -0.39 is 15.9 Å². The number of hydrogen-bond donors (Lipinski definition) is 2. The second kappa shape index (κ2) is 6.93. The maximum atomic E-state index is 12.5. The van der Waals surface area contributed by atoms with Gasteiger partial charge in [-0.2, -0.15) is 0 Å². The minimum Gasteiger partial charge on any atom is -0.394 e. The summed E-state index contributed by atoms with van der Waals surface area (Å²) in [5.41, 5.74) is 1.28. The molecule has 0 saturated carbocycles. The number of aromatic nitrogens is 2. The first-order valence-electron chi connectivity index (χ1n) is 7.03. The van der Waals surface area contributed by atoms with Gasteiger partial charge >= 0.3 is 0 Å². The van der Waals surface area contributed by atoms with Crippen LogP contribution < -0.4 is 5.32 Å². The molecule has 0 aliphatic heterocycles. The Labute approximate surface area is 134 Å². The Bertz CT molecular complexity index is 781. The first-order chi connectivity index (χ1) is 10.8. The monoisotopic (exact) mass is 337 g/mol. The van der Waals surface area contributed by atoms with Crippen molar-refractivity contribution in [1.29, 1.82) is 0 Å². The molecule has 0 aliphatic rings. The number of sulfone groups is 1. The molecule has 1 aromatic carbocycles. The van der Waals surface area contributed by atoms with Gasteiger partial charge in [0, 0.05) is 18.8 Å². The molecular weight excluding hydrogens is 318 g/mol. The van der Waals surface area contributed by atoms with Crippen molar-refractivity contribution < 1.29 is 18.3 Å². The Balaban J connectivity index is 2.18. The number of imidazole rings is 1. The lowest BCUT2D eigenvalue weighted by Crippen LogP contribution is -2.22. The average Bonchev–Trinajstić information content (AvgIpc) is 2.91. The minimum atomic E-state index is -3.58. The zero-order chi connectivity index (χ0) is 17.0. The molecule has 2 aromatic rings. The second-order valence-corrected chi connectivity index (χ2v) is 7.32. The van der Waals surface area contributed by atoms with E-state index in [2.05, 4.69) is 10.3 Å². The fourth-order valence-electron chi connectivity index (χ4n) is 2.17. The number of anilines is 1. The predicted molar refractivity (Wildman–Crippen MR) is 85.9 cm³/mol. The Kier molecular flexibility index (Phi) is 5.17. The maximum absolute atomic E-state index is 12.5. The van der Waals surface area contributed by atoms with Crippen LogP contribution in [0.3, 0.4) is 0 Å². The summed E-state index contributed by atoms with van der Waals surface area (Å²) in [4.78, 5) is 15.2. The van der Waals surface area contributed by atoms with E-state index in [9.17, 15) is 18.3 Å². The maximum Gasteiger partial charge on any atom is 0.221 e. The molecule has 1 aromatic heterocycles. The van der Waals surface area contributed by atoms with Crippen LogP contribution >= 0.6 is 0 Å². The Hall–Kier alpha value is -2.19. The largest absolute Gasteiger partial charge is 0.394 e. The highest BCUT2D eigenvalue weighted by atomic mass is 32.2. The normalized spacial score (nSPS) is 12.8. The van der Waals surface area contributed by atoms with Gasteiger partial charge in [0.05, 0.1) is 35.3 Å². The third-order valence-electron chi connectivity index (χ3n) is 3.31. The fourth-order valence-corrected chi connectivity index (χ4v) is 3.70. The van der Waals surface area contributed by atoms with Gasteiger partial charge in [0.15, 0.2) is 9.84 Å². The molecule has 1 heterocycles. The number of aryl methyl sites for hydroxylation is 1. The summed E-state index contributed by atoms with van der Waals surface area (Å²) < 4.78 is 26.6. The first-order valence-corrected chi connectivity index (χ1v) is 8.68. The lowest BCUT2D eigenvalue weighted by atomic mass is 10.3. The number of amides is 1. The third-order valence-corrected chi connectivity index (χ3v) is 5.12. The van der Waals surface area contributed by atoms with Crippen LogP contribution in [0.15, 0.2) is 41.7 Å². The molecule has 0 aliphatic carbocycles. The SMILES string of the molecule is CC(=O)Nc1ccc(S(=O)(=O)CC(CO)n2cnc(C)c2)cc1. The van der Waals surface area contributed by atoms with E-state index >= 15 is 0 Å². The van der Waals surface area contributed by atoms with E-state index in [4.69, 9.17) is 0 Å². The van der Waals surface area contributed by atoms with Crippen LogP contribution in [0.5, 0.6) is 0 Å². The van der Waals surface area contributed by atoms with Crippen LogP contribution in [0.2, 0.25) is 0 Å². The summed E-state index contributed by atoms with van der Waals surface area (Å²) >= 11 is 0. The van der Waals surface area contributed by atoms with Crippen LogP contribution in [-0.4, -0.2) is 41.3 Å². The van der Waals surface area contributed by atoms with Gasteiger partial charge in [-0.15, -0.1) is 0 Å². The van der Waals surface area contributed by atoms with Gasteiger partial charge in [0.1, 0.15) is 0 Å². The van der Waals surface area contributed by atoms with Crippen LogP contribution in [0.4, 0.5) is 5.69 Å². The molecule has 8 heteroatoms. The lowest BCUT2D eigenvalue weighted by Gasteiger charge is -2.16. The summed E-state index contributed by atoms with van der Waals surface area (Å²) in [7, 11) is -3.58. The van der Waals surface area contributed by atoms with Gasteiger partial charge in [-0.05, 0) is 31.2 Å². The van der Waals surface area contributed by atoms with Crippen molar-refractivity contribution >= 4 is 21.4 Å². The van der Waals surface area contributed by atoms with E-state index in [1.165, 1.54) is 37.5 Å². The number of carbonyl (C=O) groups is 1. The molecular formula is C15H19N3O4S. The van der Waals surface area contributed by atoms with Crippen molar-refractivity contribution in [3.63, 3.8) is 0 Å². The number of carbonyl (C=O) groups excluding carboxylic acids is 1. The van der Waals surface area contributed by atoms with Crippen LogP contribution in [-0.2, 0) is 14.6 Å². The van der Waals surface area contributed by atoms with E-state index in [1.54, 1.807) is 17.7 Å². The Morgan fingerprint density at radius 1 is 1.35 bits per heavy atom. The van der Waals surface area contributed by atoms with E-state index in [-0.39, 0.29) is 23.2 Å². The number of aliphatic hydroxyl groups is 1. The average molecular weight is 337 g/mol. The van der Waals surface area contributed by atoms with Crippen molar-refractivity contribution in [3.8, 4) is 0 Å². The van der Waals surface area contributed by atoms with Gasteiger partial charge in [0.2, 0.25) is 5.91 Å². The molecule has 2 rings (SSSR count). The zero-order valence-corrected chi connectivity index (χ0v) is 13.7. The number of nitrogens with one attached hydrogen (secondary N) is 1. The molecule has 0 fully saturated rings. The summed E-state index contributed by atoms with van der Waals surface area (Å²) in [6.45, 7) is 2.86. The minimum absolute atomic E-state index is 0.141. The molecule has 0 bridgehead atoms. The van der Waals surface area contributed by atoms with Gasteiger partial charge in [-0.25, -0.2) is 13.4 Å². The quantitative estimate of drug-likeness (QED) is 0.823. The molecule has 0 spiro atoms. The van der Waals surface area contributed by atoms with Crippen LogP contribution in [0.1, 0.15) is 18.7 Å². The Morgan fingerprint density at radius 2 is 2.00 bits per heavy atom. The molecule has 23 heavy (non-hydrogen) atoms. The number of hydrogen-bond acceptors (Lipinski definition) is 5. The molecule has 1 atom stereocenters. The molecule has 1 amide bonds. The highest BCUT2D eigenvalue weighted by Gasteiger charge is 2.22. The molecule has 0 radical (unpaired) electrons. The summed E-state index contributed by atoms with van der Waals surface area (Å²) in [5.74, 6) is -0.463. The molecule has 7 nitrogen and oxygen atoms in total. The van der Waals surface area contributed by atoms with Gasteiger partial charge < -0.3 is 15.0 Å². The van der Waals surface area contributed by atoms with Gasteiger partial charge in [-0.1, -0.05) is 0 Å². The molecule has 124 valence electrons. The second-order valence-electron chi connectivity index (χ2n) is 5.29.